The van der Waals surface area contributed by atoms with Crippen LogP contribution in [-0.4, -0.2) is 64.4 Å². The Morgan fingerprint density at radius 1 is 1.14 bits per heavy atom. The van der Waals surface area contributed by atoms with Gasteiger partial charge in [-0.15, -0.1) is 0 Å². The van der Waals surface area contributed by atoms with E-state index in [9.17, 15) is 0 Å². The topological polar surface area (TPSA) is 70.9 Å². The Morgan fingerprint density at radius 2 is 1.95 bits per heavy atom. The Bertz CT molecular complexity index is 533. The number of benzene rings is 1. The van der Waals surface area contributed by atoms with Crippen molar-refractivity contribution in [3.8, 4) is 5.69 Å². The van der Waals surface area contributed by atoms with E-state index >= 15 is 0 Å². The molecular formula is C14H21N7. The summed E-state index contributed by atoms with van der Waals surface area (Å²) in [6, 6.07) is 9.91. The average molecular weight is 287 g/mol. The first-order chi connectivity index (χ1) is 10.4. The van der Waals surface area contributed by atoms with Crippen molar-refractivity contribution in [1.29, 1.82) is 0 Å². The maximum atomic E-state index is 4.04. The van der Waals surface area contributed by atoms with E-state index in [1.807, 2.05) is 30.3 Å². The molecule has 0 aliphatic carbocycles. The maximum absolute atomic E-state index is 4.04. The standard InChI is InChI=1S/C14H21N7/c1-2-5-13(6-3-1)21-14(17-18-19-21)16-7-4-10-20-11-8-15-9-12-20/h1-3,5-6,15H,4,7-12H2,(H,16,17,19). The lowest BCUT2D eigenvalue weighted by Crippen LogP contribution is -2.44. The van der Waals surface area contributed by atoms with Gasteiger partial charge in [0.2, 0.25) is 5.95 Å². The van der Waals surface area contributed by atoms with Crippen LogP contribution in [0.15, 0.2) is 30.3 Å². The third kappa shape index (κ3) is 3.77. The van der Waals surface area contributed by atoms with Crippen LogP contribution in [0.2, 0.25) is 0 Å². The van der Waals surface area contributed by atoms with Crippen molar-refractivity contribution >= 4 is 5.95 Å². The Hall–Kier alpha value is -1.99. The molecule has 0 amide bonds. The molecule has 1 saturated heterocycles. The van der Waals surface area contributed by atoms with E-state index in [1.165, 1.54) is 0 Å². The van der Waals surface area contributed by atoms with Gasteiger partial charge in [-0.25, -0.2) is 0 Å². The lowest BCUT2D eigenvalue weighted by molar-refractivity contribution is 0.240. The Labute approximate surface area is 124 Å². The van der Waals surface area contributed by atoms with Crippen molar-refractivity contribution in [2.45, 2.75) is 6.42 Å². The highest BCUT2D eigenvalue weighted by molar-refractivity contribution is 5.38. The van der Waals surface area contributed by atoms with Crippen LogP contribution in [0.1, 0.15) is 6.42 Å². The van der Waals surface area contributed by atoms with Crippen molar-refractivity contribution in [3.05, 3.63) is 30.3 Å². The number of tetrazole rings is 1. The first-order valence-corrected chi connectivity index (χ1v) is 7.44. The van der Waals surface area contributed by atoms with Gasteiger partial charge < -0.3 is 15.5 Å². The van der Waals surface area contributed by atoms with Crippen molar-refractivity contribution in [2.24, 2.45) is 0 Å². The molecule has 2 N–H and O–H groups in total. The molecule has 1 aliphatic heterocycles. The minimum Gasteiger partial charge on any atom is -0.353 e. The van der Waals surface area contributed by atoms with Crippen LogP contribution in [0.5, 0.6) is 0 Å². The second-order valence-corrected chi connectivity index (χ2v) is 5.12. The van der Waals surface area contributed by atoms with Crippen LogP contribution in [0, 0.1) is 0 Å². The Balaban J connectivity index is 1.49. The number of hydrogen-bond acceptors (Lipinski definition) is 6. The fraction of sp³-hybridized carbons (Fsp3) is 0.500. The zero-order valence-corrected chi connectivity index (χ0v) is 12.1. The zero-order chi connectivity index (χ0) is 14.3. The summed E-state index contributed by atoms with van der Waals surface area (Å²) in [4.78, 5) is 2.48. The predicted octanol–water partition coefficient (Wildman–Crippen LogP) is 0.370. The average Bonchev–Trinajstić information content (AvgIpc) is 3.02. The molecule has 7 heteroatoms. The summed E-state index contributed by atoms with van der Waals surface area (Å²) < 4.78 is 1.73. The highest BCUT2D eigenvalue weighted by atomic mass is 15.6. The van der Waals surface area contributed by atoms with Gasteiger partial charge in [-0.3, -0.25) is 0 Å². The molecule has 3 rings (SSSR count). The summed E-state index contributed by atoms with van der Waals surface area (Å²) in [6.45, 7) is 6.46. The quantitative estimate of drug-likeness (QED) is 0.748. The summed E-state index contributed by atoms with van der Waals surface area (Å²) in [5.74, 6) is 0.696. The van der Waals surface area contributed by atoms with Gasteiger partial charge in [-0.1, -0.05) is 23.3 Å². The molecule has 1 aromatic carbocycles. The third-order valence-corrected chi connectivity index (χ3v) is 3.61. The van der Waals surface area contributed by atoms with E-state index in [0.29, 0.717) is 5.95 Å². The van der Waals surface area contributed by atoms with Crippen molar-refractivity contribution in [3.63, 3.8) is 0 Å². The smallest absolute Gasteiger partial charge is 0.247 e. The molecule has 2 aromatic rings. The third-order valence-electron chi connectivity index (χ3n) is 3.61. The molecule has 0 radical (unpaired) electrons. The molecule has 1 aliphatic rings. The van der Waals surface area contributed by atoms with Crippen molar-refractivity contribution in [1.82, 2.24) is 30.4 Å². The monoisotopic (exact) mass is 287 g/mol. The predicted molar refractivity (Wildman–Crippen MR) is 81.6 cm³/mol. The van der Waals surface area contributed by atoms with Gasteiger partial charge in [0.25, 0.3) is 0 Å². The number of piperazine rings is 1. The highest BCUT2D eigenvalue weighted by Gasteiger charge is 2.10. The first kappa shape index (κ1) is 14.0. The second kappa shape index (κ2) is 7.14. The number of hydrogen-bond donors (Lipinski definition) is 2. The minimum absolute atomic E-state index is 0.696. The highest BCUT2D eigenvalue weighted by Crippen LogP contribution is 2.10. The molecule has 0 atom stereocenters. The summed E-state index contributed by atoms with van der Waals surface area (Å²) in [7, 11) is 0. The number of nitrogens with zero attached hydrogens (tertiary/aromatic N) is 5. The number of aromatic nitrogens is 4. The molecule has 21 heavy (non-hydrogen) atoms. The summed E-state index contributed by atoms with van der Waals surface area (Å²) >= 11 is 0. The van der Waals surface area contributed by atoms with E-state index in [1.54, 1.807) is 4.68 Å². The van der Waals surface area contributed by atoms with Crippen molar-refractivity contribution in [2.75, 3.05) is 44.6 Å². The van der Waals surface area contributed by atoms with Gasteiger partial charge >= 0.3 is 0 Å². The van der Waals surface area contributed by atoms with E-state index in [0.717, 1.165) is 51.4 Å². The molecule has 0 spiro atoms. The van der Waals surface area contributed by atoms with Crippen LogP contribution < -0.4 is 10.6 Å². The summed E-state index contributed by atoms with van der Waals surface area (Å²) in [5.41, 5.74) is 0.965. The van der Waals surface area contributed by atoms with Gasteiger partial charge in [0, 0.05) is 32.7 Å². The number of rotatable bonds is 6. The van der Waals surface area contributed by atoms with Gasteiger partial charge in [0.05, 0.1) is 5.69 Å². The molecule has 7 nitrogen and oxygen atoms in total. The second-order valence-electron chi connectivity index (χ2n) is 5.12. The van der Waals surface area contributed by atoms with Crippen LogP contribution in [-0.2, 0) is 0 Å². The maximum Gasteiger partial charge on any atom is 0.247 e. The Morgan fingerprint density at radius 3 is 2.76 bits per heavy atom. The Kier molecular flexibility index (Phi) is 4.75. The lowest BCUT2D eigenvalue weighted by atomic mass is 10.3. The molecule has 112 valence electrons. The molecule has 1 fully saturated rings. The largest absolute Gasteiger partial charge is 0.353 e. The van der Waals surface area contributed by atoms with E-state index in [2.05, 4.69) is 31.1 Å². The van der Waals surface area contributed by atoms with E-state index in [4.69, 9.17) is 0 Å². The van der Waals surface area contributed by atoms with Crippen LogP contribution in [0.25, 0.3) is 5.69 Å². The lowest BCUT2D eigenvalue weighted by Gasteiger charge is -2.27. The van der Waals surface area contributed by atoms with Gasteiger partial charge in [-0.2, -0.15) is 4.68 Å². The van der Waals surface area contributed by atoms with Crippen LogP contribution in [0.3, 0.4) is 0 Å². The molecule has 2 heterocycles. The number of para-hydroxylation sites is 1. The fourth-order valence-corrected chi connectivity index (χ4v) is 2.48. The van der Waals surface area contributed by atoms with E-state index in [-0.39, 0.29) is 0 Å². The first-order valence-electron chi connectivity index (χ1n) is 7.44. The molecule has 0 saturated carbocycles. The van der Waals surface area contributed by atoms with Crippen LogP contribution in [0.4, 0.5) is 5.95 Å². The number of nitrogens with one attached hydrogen (secondary N) is 2. The minimum atomic E-state index is 0.696. The normalized spacial score (nSPS) is 16.0. The molecule has 1 aromatic heterocycles. The van der Waals surface area contributed by atoms with Crippen LogP contribution >= 0.6 is 0 Å². The van der Waals surface area contributed by atoms with Gasteiger partial charge in [0.1, 0.15) is 0 Å². The summed E-state index contributed by atoms with van der Waals surface area (Å²) in [6.07, 6.45) is 1.08. The summed E-state index contributed by atoms with van der Waals surface area (Å²) in [5, 5.41) is 18.5. The van der Waals surface area contributed by atoms with Gasteiger partial charge in [0.15, 0.2) is 0 Å². The van der Waals surface area contributed by atoms with E-state index < -0.39 is 0 Å². The fourth-order valence-electron chi connectivity index (χ4n) is 2.48. The SMILES string of the molecule is c1ccc(-n2nnnc2NCCCN2CCNCC2)cc1. The molecule has 0 unspecified atom stereocenters. The van der Waals surface area contributed by atoms with Crippen molar-refractivity contribution < 1.29 is 0 Å². The molecule has 0 bridgehead atoms. The van der Waals surface area contributed by atoms with Gasteiger partial charge in [-0.05, 0) is 35.5 Å². The zero-order valence-electron chi connectivity index (χ0n) is 12.1. The number of anilines is 1. The molecular weight excluding hydrogens is 266 g/mol.